The SMILES string of the molecule is c1csc(-c2cc(CCN3CCCNCCNCCCNCC3)c(-c3cccs3)s2)c1. The monoisotopic (exact) mass is 474 g/mol. The number of thiophene rings is 3. The highest BCUT2D eigenvalue weighted by molar-refractivity contribution is 7.26. The summed E-state index contributed by atoms with van der Waals surface area (Å²) in [6.45, 7) is 9.95. The van der Waals surface area contributed by atoms with Crippen molar-refractivity contribution in [2.45, 2.75) is 19.3 Å². The molecule has 0 radical (unpaired) electrons. The first-order valence-electron chi connectivity index (χ1n) is 11.4. The zero-order valence-corrected chi connectivity index (χ0v) is 20.6. The van der Waals surface area contributed by atoms with Crippen LogP contribution < -0.4 is 16.0 Å². The van der Waals surface area contributed by atoms with Crippen molar-refractivity contribution in [2.75, 3.05) is 58.9 Å². The van der Waals surface area contributed by atoms with Gasteiger partial charge in [0.05, 0.1) is 0 Å². The number of nitrogens with zero attached hydrogens (tertiary/aromatic N) is 1. The zero-order chi connectivity index (χ0) is 21.1. The van der Waals surface area contributed by atoms with E-state index in [-0.39, 0.29) is 0 Å². The van der Waals surface area contributed by atoms with Crippen molar-refractivity contribution in [3.8, 4) is 19.5 Å². The van der Waals surface area contributed by atoms with Crippen LogP contribution in [0.15, 0.2) is 41.1 Å². The molecule has 3 aromatic heterocycles. The molecule has 0 aliphatic carbocycles. The van der Waals surface area contributed by atoms with Crippen molar-refractivity contribution in [2.24, 2.45) is 0 Å². The summed E-state index contributed by atoms with van der Waals surface area (Å²) in [7, 11) is 0. The third kappa shape index (κ3) is 7.22. The van der Waals surface area contributed by atoms with E-state index in [2.05, 4.69) is 61.9 Å². The van der Waals surface area contributed by atoms with Crippen LogP contribution >= 0.6 is 34.0 Å². The Kier molecular flexibility index (Phi) is 9.57. The summed E-state index contributed by atoms with van der Waals surface area (Å²) in [5.74, 6) is 0. The molecule has 4 nitrogen and oxygen atoms in total. The van der Waals surface area contributed by atoms with E-state index in [1.165, 1.54) is 44.5 Å². The maximum absolute atomic E-state index is 3.63. The number of hydrogen-bond donors (Lipinski definition) is 3. The molecule has 0 amide bonds. The molecule has 3 N–H and O–H groups in total. The van der Waals surface area contributed by atoms with E-state index in [1.54, 1.807) is 0 Å². The van der Waals surface area contributed by atoms with Crippen LogP contribution in [-0.2, 0) is 6.42 Å². The Labute approximate surface area is 198 Å². The third-order valence-electron chi connectivity index (χ3n) is 5.63. The van der Waals surface area contributed by atoms with Gasteiger partial charge in [-0.2, -0.15) is 0 Å². The van der Waals surface area contributed by atoms with E-state index in [0.29, 0.717) is 0 Å². The van der Waals surface area contributed by atoms with E-state index in [0.717, 1.165) is 58.8 Å². The molecule has 4 rings (SSSR count). The Balaban J connectivity index is 1.40. The molecular formula is C24H34N4S3. The van der Waals surface area contributed by atoms with Gasteiger partial charge in [0.15, 0.2) is 0 Å². The van der Waals surface area contributed by atoms with Crippen molar-refractivity contribution in [3.63, 3.8) is 0 Å². The standard InChI is InChI=1S/C24H34N4S3/c1-5-21(29-17-1)23-19-20(24(31-23)22-6-2-18-30-22)7-15-28-14-4-10-26-12-11-25-8-3-9-27-13-16-28/h1-2,5-6,17-19,25-27H,3-4,7-16H2. The molecule has 0 aromatic carbocycles. The van der Waals surface area contributed by atoms with Gasteiger partial charge in [0.25, 0.3) is 0 Å². The molecule has 0 spiro atoms. The lowest BCUT2D eigenvalue weighted by Crippen LogP contribution is -2.37. The molecule has 1 aliphatic rings. The molecular weight excluding hydrogens is 440 g/mol. The second kappa shape index (κ2) is 12.8. The summed E-state index contributed by atoms with van der Waals surface area (Å²) >= 11 is 5.66. The lowest BCUT2D eigenvalue weighted by atomic mass is 10.1. The van der Waals surface area contributed by atoms with Crippen molar-refractivity contribution >= 4 is 34.0 Å². The van der Waals surface area contributed by atoms with Crippen LogP contribution in [0.2, 0.25) is 0 Å². The molecule has 0 unspecified atom stereocenters. The smallest absolute Gasteiger partial charge is 0.0481 e. The summed E-state index contributed by atoms with van der Waals surface area (Å²) in [5.41, 5.74) is 1.51. The molecule has 0 bridgehead atoms. The largest absolute Gasteiger partial charge is 0.315 e. The highest BCUT2D eigenvalue weighted by Gasteiger charge is 2.15. The van der Waals surface area contributed by atoms with Gasteiger partial charge in [0.1, 0.15) is 0 Å². The highest BCUT2D eigenvalue weighted by atomic mass is 32.1. The molecule has 0 saturated carbocycles. The van der Waals surface area contributed by atoms with Crippen LogP contribution in [-0.4, -0.2) is 63.8 Å². The average Bonchev–Trinajstić information content (AvgIpc) is 3.54. The van der Waals surface area contributed by atoms with E-state index < -0.39 is 0 Å². The Bertz CT molecular complexity index is 844. The van der Waals surface area contributed by atoms with E-state index >= 15 is 0 Å². The molecule has 0 atom stereocenters. The van der Waals surface area contributed by atoms with Crippen LogP contribution in [0.5, 0.6) is 0 Å². The van der Waals surface area contributed by atoms with Crippen LogP contribution in [0.1, 0.15) is 18.4 Å². The Hall–Kier alpha value is -1.06. The van der Waals surface area contributed by atoms with Gasteiger partial charge in [-0.15, -0.1) is 34.0 Å². The zero-order valence-electron chi connectivity index (χ0n) is 18.2. The molecule has 3 aromatic rings. The lowest BCUT2D eigenvalue weighted by Gasteiger charge is -2.23. The topological polar surface area (TPSA) is 39.3 Å². The Morgan fingerprint density at radius 1 is 0.742 bits per heavy atom. The second-order valence-electron chi connectivity index (χ2n) is 7.97. The van der Waals surface area contributed by atoms with Gasteiger partial charge in [-0.25, -0.2) is 0 Å². The summed E-state index contributed by atoms with van der Waals surface area (Å²) in [6.07, 6.45) is 3.53. The molecule has 4 heterocycles. The first-order valence-corrected chi connectivity index (χ1v) is 14.0. The first kappa shape index (κ1) is 23.1. The van der Waals surface area contributed by atoms with E-state index in [1.807, 2.05) is 34.0 Å². The second-order valence-corrected chi connectivity index (χ2v) is 10.9. The maximum atomic E-state index is 3.63. The lowest BCUT2D eigenvalue weighted by molar-refractivity contribution is 0.271. The summed E-state index contributed by atoms with van der Waals surface area (Å²) < 4.78 is 0. The Morgan fingerprint density at radius 3 is 2.19 bits per heavy atom. The number of hydrogen-bond acceptors (Lipinski definition) is 7. The van der Waals surface area contributed by atoms with Crippen molar-refractivity contribution in [3.05, 3.63) is 46.7 Å². The van der Waals surface area contributed by atoms with Crippen molar-refractivity contribution < 1.29 is 0 Å². The Morgan fingerprint density at radius 2 is 1.45 bits per heavy atom. The molecule has 31 heavy (non-hydrogen) atoms. The molecule has 1 fully saturated rings. The third-order valence-corrected chi connectivity index (χ3v) is 8.93. The number of nitrogens with one attached hydrogen (secondary N) is 3. The van der Waals surface area contributed by atoms with E-state index in [4.69, 9.17) is 0 Å². The van der Waals surface area contributed by atoms with Crippen LogP contribution in [0.25, 0.3) is 19.5 Å². The summed E-state index contributed by atoms with van der Waals surface area (Å²) in [6, 6.07) is 11.3. The highest BCUT2D eigenvalue weighted by Crippen LogP contribution is 2.41. The van der Waals surface area contributed by atoms with Gasteiger partial charge < -0.3 is 20.9 Å². The van der Waals surface area contributed by atoms with Gasteiger partial charge in [0.2, 0.25) is 0 Å². The van der Waals surface area contributed by atoms with Crippen LogP contribution in [0.4, 0.5) is 0 Å². The summed E-state index contributed by atoms with van der Waals surface area (Å²) in [5, 5.41) is 15.1. The van der Waals surface area contributed by atoms with Gasteiger partial charge in [0, 0.05) is 52.2 Å². The van der Waals surface area contributed by atoms with Crippen LogP contribution in [0, 0.1) is 0 Å². The predicted octanol–water partition coefficient (Wildman–Crippen LogP) is 4.61. The van der Waals surface area contributed by atoms with Gasteiger partial charge in [-0.1, -0.05) is 12.1 Å². The van der Waals surface area contributed by atoms with Crippen molar-refractivity contribution in [1.82, 2.24) is 20.9 Å². The fraction of sp³-hybridized carbons (Fsp3) is 0.500. The normalized spacial score (nSPS) is 18.1. The maximum Gasteiger partial charge on any atom is 0.0481 e. The van der Waals surface area contributed by atoms with Gasteiger partial charge in [-0.05, 0) is 80.0 Å². The fourth-order valence-corrected chi connectivity index (χ4v) is 6.86. The molecule has 1 aliphatic heterocycles. The van der Waals surface area contributed by atoms with Crippen LogP contribution in [0.3, 0.4) is 0 Å². The molecule has 7 heteroatoms. The van der Waals surface area contributed by atoms with Crippen molar-refractivity contribution in [1.29, 1.82) is 0 Å². The van der Waals surface area contributed by atoms with E-state index in [9.17, 15) is 0 Å². The quantitative estimate of drug-likeness (QED) is 0.505. The minimum atomic E-state index is 1.07. The fourth-order valence-electron chi connectivity index (χ4n) is 3.94. The minimum Gasteiger partial charge on any atom is -0.315 e. The first-order chi connectivity index (χ1) is 15.4. The van der Waals surface area contributed by atoms with Gasteiger partial charge in [-0.3, -0.25) is 0 Å². The molecule has 168 valence electrons. The predicted molar refractivity (Wildman–Crippen MR) is 139 cm³/mol. The minimum absolute atomic E-state index is 1.07. The average molecular weight is 475 g/mol. The van der Waals surface area contributed by atoms with Gasteiger partial charge >= 0.3 is 0 Å². The summed E-state index contributed by atoms with van der Waals surface area (Å²) in [4.78, 5) is 8.32. The number of rotatable bonds is 5. The molecule has 1 saturated heterocycles.